The number of aromatic nitrogens is 3. The molecule has 0 saturated heterocycles. The van der Waals surface area contributed by atoms with Crippen molar-refractivity contribution in [1.29, 1.82) is 0 Å². The molecule has 0 aliphatic heterocycles. The molecule has 2 N–H and O–H groups in total. The van der Waals surface area contributed by atoms with Gasteiger partial charge in [0.25, 0.3) is 0 Å². The minimum absolute atomic E-state index is 0.711. The standard InChI is InChI=1S/C15H18N4S/c1-2-10(1)14(11-3-4-11)18-12-5-7-13(8-6-12)20-15-16-9-17-19-15/h5-11,14,18H,1-4H2,(H,16,17,19). The minimum atomic E-state index is 0.711. The fourth-order valence-corrected chi connectivity index (χ4v) is 3.39. The summed E-state index contributed by atoms with van der Waals surface area (Å²) in [6.45, 7) is 0. The van der Waals surface area contributed by atoms with Gasteiger partial charge in [-0.05, 0) is 61.8 Å². The Balaban J connectivity index is 1.41. The van der Waals surface area contributed by atoms with Crippen molar-refractivity contribution in [3.8, 4) is 0 Å². The predicted molar refractivity (Wildman–Crippen MR) is 79.8 cm³/mol. The van der Waals surface area contributed by atoms with Gasteiger partial charge in [0.2, 0.25) is 0 Å². The van der Waals surface area contributed by atoms with Gasteiger partial charge in [-0.15, -0.1) is 0 Å². The summed E-state index contributed by atoms with van der Waals surface area (Å²) in [5.74, 6) is 1.84. The van der Waals surface area contributed by atoms with Crippen LogP contribution in [0.4, 0.5) is 5.69 Å². The maximum atomic E-state index is 4.13. The molecule has 0 unspecified atom stereocenters. The summed E-state index contributed by atoms with van der Waals surface area (Å²) < 4.78 is 0. The Kier molecular flexibility index (Phi) is 3.14. The van der Waals surface area contributed by atoms with Crippen LogP contribution in [0.1, 0.15) is 25.7 Å². The van der Waals surface area contributed by atoms with E-state index >= 15 is 0 Å². The van der Waals surface area contributed by atoms with Crippen LogP contribution in [0.5, 0.6) is 0 Å². The van der Waals surface area contributed by atoms with E-state index in [1.165, 1.54) is 42.6 Å². The third-order valence-corrected chi connectivity index (χ3v) is 4.95. The average Bonchev–Trinajstić information content (AvgIpc) is 3.39. The van der Waals surface area contributed by atoms with Crippen LogP contribution in [0, 0.1) is 11.8 Å². The topological polar surface area (TPSA) is 53.6 Å². The van der Waals surface area contributed by atoms with Gasteiger partial charge in [0.15, 0.2) is 5.16 Å². The maximum Gasteiger partial charge on any atom is 0.188 e. The molecular formula is C15H18N4S. The number of hydrogen-bond donors (Lipinski definition) is 2. The first-order valence-corrected chi connectivity index (χ1v) is 8.10. The van der Waals surface area contributed by atoms with Crippen molar-refractivity contribution in [1.82, 2.24) is 15.2 Å². The molecule has 1 aromatic heterocycles. The van der Waals surface area contributed by atoms with Crippen LogP contribution in [0.25, 0.3) is 0 Å². The van der Waals surface area contributed by atoms with Crippen molar-refractivity contribution in [2.24, 2.45) is 11.8 Å². The molecule has 2 fully saturated rings. The highest BCUT2D eigenvalue weighted by Crippen LogP contribution is 2.45. The van der Waals surface area contributed by atoms with E-state index < -0.39 is 0 Å². The molecule has 0 bridgehead atoms. The van der Waals surface area contributed by atoms with Crippen LogP contribution < -0.4 is 5.32 Å². The van der Waals surface area contributed by atoms with Crippen molar-refractivity contribution < 1.29 is 0 Å². The van der Waals surface area contributed by atoms with Crippen molar-refractivity contribution in [3.05, 3.63) is 30.6 Å². The Bertz CT molecular complexity index is 546. The van der Waals surface area contributed by atoms with Crippen LogP contribution in [0.2, 0.25) is 0 Å². The zero-order valence-corrected chi connectivity index (χ0v) is 12.1. The second-order valence-electron chi connectivity index (χ2n) is 5.76. The molecule has 0 amide bonds. The Morgan fingerprint density at radius 1 is 1.10 bits per heavy atom. The Labute approximate surface area is 122 Å². The number of benzene rings is 1. The quantitative estimate of drug-likeness (QED) is 0.852. The third-order valence-electron chi connectivity index (χ3n) is 4.05. The molecule has 2 aliphatic rings. The van der Waals surface area contributed by atoms with Crippen molar-refractivity contribution in [2.45, 2.75) is 41.8 Å². The van der Waals surface area contributed by atoms with Gasteiger partial charge in [-0.25, -0.2) is 4.98 Å². The van der Waals surface area contributed by atoms with E-state index in [9.17, 15) is 0 Å². The van der Waals surface area contributed by atoms with Gasteiger partial charge in [-0.3, -0.25) is 5.10 Å². The Hall–Kier alpha value is -1.49. The number of nitrogens with zero attached hydrogens (tertiary/aromatic N) is 2. The van der Waals surface area contributed by atoms with E-state index in [4.69, 9.17) is 0 Å². The molecule has 104 valence electrons. The molecule has 4 nitrogen and oxygen atoms in total. The van der Waals surface area contributed by atoms with Crippen molar-refractivity contribution >= 4 is 17.4 Å². The summed E-state index contributed by atoms with van der Waals surface area (Å²) in [6, 6.07) is 9.36. The molecule has 5 heteroatoms. The first kappa shape index (κ1) is 12.3. The zero-order valence-electron chi connectivity index (χ0n) is 11.2. The highest BCUT2D eigenvalue weighted by molar-refractivity contribution is 7.99. The van der Waals surface area contributed by atoms with E-state index in [0.717, 1.165) is 17.0 Å². The van der Waals surface area contributed by atoms with Crippen LogP contribution >= 0.6 is 11.8 Å². The molecule has 2 aromatic rings. The van der Waals surface area contributed by atoms with E-state index in [-0.39, 0.29) is 0 Å². The van der Waals surface area contributed by atoms with Gasteiger partial charge in [0.1, 0.15) is 6.33 Å². The van der Waals surface area contributed by atoms with E-state index in [1.807, 2.05) is 0 Å². The van der Waals surface area contributed by atoms with Gasteiger partial charge in [0.05, 0.1) is 0 Å². The van der Waals surface area contributed by atoms with Gasteiger partial charge in [0, 0.05) is 16.6 Å². The van der Waals surface area contributed by atoms with E-state index in [0.29, 0.717) is 6.04 Å². The Morgan fingerprint density at radius 3 is 2.35 bits per heavy atom. The highest BCUT2D eigenvalue weighted by Gasteiger charge is 2.41. The number of H-pyrrole nitrogens is 1. The fraction of sp³-hybridized carbons (Fsp3) is 0.467. The lowest BCUT2D eigenvalue weighted by Crippen LogP contribution is -2.24. The number of hydrogen-bond acceptors (Lipinski definition) is 4. The fourth-order valence-electron chi connectivity index (χ4n) is 2.70. The van der Waals surface area contributed by atoms with Gasteiger partial charge < -0.3 is 5.32 Å². The molecule has 2 saturated carbocycles. The number of rotatable bonds is 6. The number of aromatic amines is 1. The van der Waals surface area contributed by atoms with E-state index in [1.54, 1.807) is 11.8 Å². The summed E-state index contributed by atoms with van der Waals surface area (Å²) in [5.41, 5.74) is 1.25. The van der Waals surface area contributed by atoms with E-state index in [2.05, 4.69) is 44.8 Å². The largest absolute Gasteiger partial charge is 0.382 e. The van der Waals surface area contributed by atoms with Crippen molar-refractivity contribution in [3.63, 3.8) is 0 Å². The summed E-state index contributed by atoms with van der Waals surface area (Å²) in [6.07, 6.45) is 7.18. The molecule has 20 heavy (non-hydrogen) atoms. The van der Waals surface area contributed by atoms with Gasteiger partial charge in [-0.1, -0.05) is 11.8 Å². The van der Waals surface area contributed by atoms with Gasteiger partial charge in [-0.2, -0.15) is 5.10 Å². The molecule has 0 spiro atoms. The second kappa shape index (κ2) is 5.13. The highest BCUT2D eigenvalue weighted by atomic mass is 32.2. The van der Waals surface area contributed by atoms with Crippen LogP contribution in [0.15, 0.2) is 40.6 Å². The summed E-state index contributed by atoms with van der Waals surface area (Å²) >= 11 is 1.60. The SMILES string of the molecule is c1n[nH]c(Sc2ccc(NC(C3CC3)C3CC3)cc2)n1. The first-order valence-electron chi connectivity index (χ1n) is 7.28. The molecule has 0 radical (unpaired) electrons. The zero-order chi connectivity index (χ0) is 13.4. The number of nitrogens with one attached hydrogen (secondary N) is 2. The lowest BCUT2D eigenvalue weighted by atomic mass is 10.1. The second-order valence-corrected chi connectivity index (χ2v) is 6.82. The Morgan fingerprint density at radius 2 is 1.80 bits per heavy atom. The molecular weight excluding hydrogens is 268 g/mol. The third kappa shape index (κ3) is 2.82. The van der Waals surface area contributed by atoms with Crippen LogP contribution in [-0.4, -0.2) is 21.2 Å². The van der Waals surface area contributed by atoms with Crippen LogP contribution in [-0.2, 0) is 0 Å². The summed E-state index contributed by atoms with van der Waals surface area (Å²) in [5, 5.41) is 11.3. The predicted octanol–water partition coefficient (Wildman–Crippen LogP) is 3.56. The lowest BCUT2D eigenvalue weighted by Gasteiger charge is -2.19. The molecule has 1 heterocycles. The smallest absolute Gasteiger partial charge is 0.188 e. The molecule has 0 atom stereocenters. The van der Waals surface area contributed by atoms with Crippen molar-refractivity contribution in [2.75, 3.05) is 5.32 Å². The molecule has 4 rings (SSSR count). The minimum Gasteiger partial charge on any atom is -0.382 e. The maximum absolute atomic E-state index is 4.13. The lowest BCUT2D eigenvalue weighted by molar-refractivity contribution is 0.568. The summed E-state index contributed by atoms with van der Waals surface area (Å²) in [4.78, 5) is 5.31. The normalized spacial score (nSPS) is 18.4. The van der Waals surface area contributed by atoms with Gasteiger partial charge >= 0.3 is 0 Å². The monoisotopic (exact) mass is 286 g/mol. The molecule has 1 aromatic carbocycles. The number of anilines is 1. The average molecular weight is 286 g/mol. The molecule has 2 aliphatic carbocycles. The first-order chi connectivity index (χ1) is 9.88. The van der Waals surface area contributed by atoms with Crippen LogP contribution in [0.3, 0.4) is 0 Å². The summed E-state index contributed by atoms with van der Waals surface area (Å²) in [7, 11) is 0.